The molecular weight excluding hydrogens is 417 g/mol. The number of hydrogen-bond acceptors (Lipinski definition) is 7. The Labute approximate surface area is 174 Å². The number of nitrogens with zero attached hydrogens (tertiary/aromatic N) is 7. The van der Waals surface area contributed by atoms with Crippen LogP contribution < -0.4 is 0 Å². The summed E-state index contributed by atoms with van der Waals surface area (Å²) in [5.41, 5.74) is 1.77. The minimum Gasteiger partial charge on any atom is -0.270 e. The van der Waals surface area contributed by atoms with Crippen molar-refractivity contribution >= 4 is 35.0 Å². The van der Waals surface area contributed by atoms with Gasteiger partial charge in [0.25, 0.3) is 0 Å². The summed E-state index contributed by atoms with van der Waals surface area (Å²) in [5.74, 6) is 0.593. The summed E-state index contributed by atoms with van der Waals surface area (Å²) < 4.78 is 1.84. The summed E-state index contributed by atoms with van der Waals surface area (Å²) >= 11 is 13.5. The molecule has 0 saturated carbocycles. The zero-order valence-electron chi connectivity index (χ0n) is 14.0. The SMILES string of the molecule is N#Cc1ccc(Sc2nnc(-c3cccnc3)n2-c2ccc(Cl)c(Cl)c2)nn1. The standard InChI is InChI=1S/C18H9Cl2N7S/c19-14-5-4-13(8-15(14)20)27-17(11-2-1-7-22-10-11)25-26-18(27)28-16-6-3-12(9-21)23-24-16/h1-8,10H. The monoisotopic (exact) mass is 425 g/mol. The van der Waals surface area contributed by atoms with Gasteiger partial charge in [-0.05, 0) is 54.2 Å². The van der Waals surface area contributed by atoms with Crippen molar-refractivity contribution in [2.45, 2.75) is 10.2 Å². The third-order valence-corrected chi connectivity index (χ3v) is 5.28. The minimum atomic E-state index is 0.242. The highest BCUT2D eigenvalue weighted by molar-refractivity contribution is 7.99. The largest absolute Gasteiger partial charge is 0.270 e. The fourth-order valence-electron chi connectivity index (χ4n) is 2.40. The second-order valence-electron chi connectivity index (χ2n) is 5.45. The zero-order chi connectivity index (χ0) is 19.5. The number of rotatable bonds is 4. The number of hydrogen-bond donors (Lipinski definition) is 0. The Kier molecular flexibility index (Phi) is 5.21. The van der Waals surface area contributed by atoms with Crippen molar-refractivity contribution in [3.8, 4) is 23.1 Å². The number of nitriles is 1. The van der Waals surface area contributed by atoms with Crippen molar-refractivity contribution in [2.24, 2.45) is 0 Å². The van der Waals surface area contributed by atoms with Crippen molar-refractivity contribution < 1.29 is 0 Å². The van der Waals surface area contributed by atoms with E-state index in [2.05, 4.69) is 25.4 Å². The van der Waals surface area contributed by atoms with Crippen molar-refractivity contribution in [2.75, 3.05) is 0 Å². The molecule has 10 heteroatoms. The highest BCUT2D eigenvalue weighted by Gasteiger charge is 2.18. The van der Waals surface area contributed by atoms with Crippen LogP contribution in [0.3, 0.4) is 0 Å². The molecule has 136 valence electrons. The molecule has 0 aliphatic rings. The molecule has 0 amide bonds. The van der Waals surface area contributed by atoms with E-state index >= 15 is 0 Å². The molecule has 0 aliphatic heterocycles. The second-order valence-corrected chi connectivity index (χ2v) is 7.25. The first-order valence-electron chi connectivity index (χ1n) is 7.88. The van der Waals surface area contributed by atoms with Gasteiger partial charge in [0, 0.05) is 18.0 Å². The van der Waals surface area contributed by atoms with Crippen LogP contribution in [-0.2, 0) is 0 Å². The van der Waals surface area contributed by atoms with Crippen LogP contribution in [0.25, 0.3) is 17.1 Å². The number of halogens is 2. The van der Waals surface area contributed by atoms with Gasteiger partial charge in [-0.25, -0.2) is 0 Å². The first-order valence-corrected chi connectivity index (χ1v) is 9.46. The fraction of sp³-hybridized carbons (Fsp3) is 0. The highest BCUT2D eigenvalue weighted by Crippen LogP contribution is 2.33. The maximum Gasteiger partial charge on any atom is 0.202 e. The van der Waals surface area contributed by atoms with E-state index < -0.39 is 0 Å². The van der Waals surface area contributed by atoms with Crippen LogP contribution in [-0.4, -0.2) is 29.9 Å². The Morgan fingerprint density at radius 3 is 2.54 bits per heavy atom. The predicted molar refractivity (Wildman–Crippen MR) is 105 cm³/mol. The van der Waals surface area contributed by atoms with E-state index in [1.54, 1.807) is 36.7 Å². The molecule has 4 aromatic rings. The third kappa shape index (κ3) is 3.68. The van der Waals surface area contributed by atoms with Crippen LogP contribution in [0.1, 0.15) is 5.69 Å². The van der Waals surface area contributed by atoms with E-state index in [-0.39, 0.29) is 5.69 Å². The van der Waals surface area contributed by atoms with Gasteiger partial charge in [-0.1, -0.05) is 23.2 Å². The molecule has 1 aromatic carbocycles. The van der Waals surface area contributed by atoms with Crippen molar-refractivity contribution in [3.63, 3.8) is 0 Å². The van der Waals surface area contributed by atoms with Gasteiger partial charge in [0.1, 0.15) is 11.1 Å². The molecule has 7 nitrogen and oxygen atoms in total. The van der Waals surface area contributed by atoms with E-state index in [0.717, 1.165) is 11.3 Å². The average Bonchev–Trinajstić information content (AvgIpc) is 3.15. The zero-order valence-corrected chi connectivity index (χ0v) is 16.3. The molecule has 28 heavy (non-hydrogen) atoms. The summed E-state index contributed by atoms with van der Waals surface area (Å²) in [6.45, 7) is 0. The van der Waals surface area contributed by atoms with E-state index in [1.165, 1.54) is 11.8 Å². The van der Waals surface area contributed by atoms with E-state index in [1.807, 2.05) is 28.8 Å². The molecule has 3 aromatic heterocycles. The van der Waals surface area contributed by atoms with E-state index in [4.69, 9.17) is 28.5 Å². The molecule has 0 N–H and O–H groups in total. The number of pyridine rings is 1. The number of benzene rings is 1. The quantitative estimate of drug-likeness (QED) is 0.476. The lowest BCUT2D eigenvalue weighted by Gasteiger charge is -2.11. The first kappa shape index (κ1) is 18.4. The Bertz CT molecular complexity index is 1170. The molecule has 0 unspecified atom stereocenters. The van der Waals surface area contributed by atoms with Gasteiger partial charge < -0.3 is 0 Å². The maximum absolute atomic E-state index is 8.87. The molecule has 0 bridgehead atoms. The average molecular weight is 426 g/mol. The molecule has 0 atom stereocenters. The van der Waals surface area contributed by atoms with Gasteiger partial charge >= 0.3 is 0 Å². The summed E-state index contributed by atoms with van der Waals surface area (Å²) in [6.07, 6.45) is 3.39. The van der Waals surface area contributed by atoms with Crippen LogP contribution in [0, 0.1) is 11.3 Å². The molecule has 0 spiro atoms. The lowest BCUT2D eigenvalue weighted by molar-refractivity contribution is 0.868. The van der Waals surface area contributed by atoms with Crippen LogP contribution in [0.5, 0.6) is 0 Å². The van der Waals surface area contributed by atoms with Crippen LogP contribution in [0.2, 0.25) is 10.0 Å². The van der Waals surface area contributed by atoms with Gasteiger partial charge in [-0.3, -0.25) is 9.55 Å². The molecule has 3 heterocycles. The highest BCUT2D eigenvalue weighted by atomic mass is 35.5. The molecule has 0 radical (unpaired) electrons. The Morgan fingerprint density at radius 2 is 1.86 bits per heavy atom. The second kappa shape index (κ2) is 7.94. The summed E-state index contributed by atoms with van der Waals surface area (Å²) in [4.78, 5) is 4.15. The van der Waals surface area contributed by atoms with Gasteiger partial charge in [0.05, 0.1) is 15.7 Å². The lowest BCUT2D eigenvalue weighted by Crippen LogP contribution is -2.00. The molecular formula is C18H9Cl2N7S. The molecule has 0 saturated heterocycles. The summed E-state index contributed by atoms with van der Waals surface area (Å²) in [5, 5.41) is 27.4. The maximum atomic E-state index is 8.87. The topological polar surface area (TPSA) is 93.2 Å². The van der Waals surface area contributed by atoms with E-state index in [0.29, 0.717) is 26.1 Å². The molecule has 4 rings (SSSR count). The fourth-order valence-corrected chi connectivity index (χ4v) is 3.46. The Balaban J connectivity index is 1.83. The smallest absolute Gasteiger partial charge is 0.202 e. The van der Waals surface area contributed by atoms with Crippen LogP contribution in [0.4, 0.5) is 0 Å². The third-order valence-electron chi connectivity index (χ3n) is 3.66. The van der Waals surface area contributed by atoms with Gasteiger partial charge in [0.15, 0.2) is 11.5 Å². The van der Waals surface area contributed by atoms with Crippen LogP contribution >= 0.6 is 35.0 Å². The van der Waals surface area contributed by atoms with Crippen molar-refractivity contribution in [3.05, 3.63) is 70.6 Å². The Morgan fingerprint density at radius 1 is 0.964 bits per heavy atom. The van der Waals surface area contributed by atoms with Crippen LogP contribution in [0.15, 0.2) is 65.0 Å². The molecule has 0 fully saturated rings. The first-order chi connectivity index (χ1) is 13.7. The van der Waals surface area contributed by atoms with Gasteiger partial charge in [0.2, 0.25) is 5.16 Å². The van der Waals surface area contributed by atoms with Crippen molar-refractivity contribution in [1.29, 1.82) is 5.26 Å². The normalized spacial score (nSPS) is 10.6. The van der Waals surface area contributed by atoms with Gasteiger partial charge in [-0.15, -0.1) is 20.4 Å². The van der Waals surface area contributed by atoms with E-state index in [9.17, 15) is 0 Å². The number of aromatic nitrogens is 6. The minimum absolute atomic E-state index is 0.242. The Hall–Kier alpha value is -2.99. The summed E-state index contributed by atoms with van der Waals surface area (Å²) in [7, 11) is 0. The summed E-state index contributed by atoms with van der Waals surface area (Å²) in [6, 6.07) is 14.2. The van der Waals surface area contributed by atoms with Gasteiger partial charge in [-0.2, -0.15) is 5.26 Å². The molecule has 0 aliphatic carbocycles. The van der Waals surface area contributed by atoms with Crippen molar-refractivity contribution in [1.82, 2.24) is 29.9 Å². The lowest BCUT2D eigenvalue weighted by atomic mass is 10.2. The predicted octanol–water partition coefficient (Wildman–Crippen LogP) is 4.45.